The smallest absolute Gasteiger partial charge is 0.338 e. The Labute approximate surface area is 123 Å². The van der Waals surface area contributed by atoms with Crippen LogP contribution in [0.5, 0.6) is 0 Å². The van der Waals surface area contributed by atoms with Gasteiger partial charge in [-0.3, -0.25) is 9.30 Å². The highest BCUT2D eigenvalue weighted by atomic mass is 16.5. The molecule has 6 heteroatoms. The maximum atomic E-state index is 11.6. The van der Waals surface area contributed by atoms with E-state index < -0.39 is 0 Å². The molecule has 2 aromatic heterocycles. The zero-order valence-electron chi connectivity index (χ0n) is 12.5. The van der Waals surface area contributed by atoms with Gasteiger partial charge in [-0.05, 0) is 38.1 Å². The number of esters is 1. The number of carbonyl (C=O) groups is 1. The Morgan fingerprint density at radius 3 is 3.05 bits per heavy atom. The summed E-state index contributed by atoms with van der Waals surface area (Å²) in [5.41, 5.74) is 1.19. The lowest BCUT2D eigenvalue weighted by atomic mass is 10.0. The lowest BCUT2D eigenvalue weighted by molar-refractivity contribution is 0.0600. The van der Waals surface area contributed by atoms with Crippen molar-refractivity contribution in [3.8, 4) is 0 Å². The Bertz CT molecular complexity index is 652. The van der Waals surface area contributed by atoms with Crippen LogP contribution in [0, 0.1) is 0 Å². The van der Waals surface area contributed by atoms with Crippen molar-refractivity contribution in [3.63, 3.8) is 0 Å². The van der Waals surface area contributed by atoms with E-state index in [0.29, 0.717) is 17.3 Å². The first-order valence-electron chi connectivity index (χ1n) is 7.41. The van der Waals surface area contributed by atoms with Crippen LogP contribution in [0.3, 0.4) is 0 Å². The van der Waals surface area contributed by atoms with Gasteiger partial charge < -0.3 is 4.74 Å². The molecule has 2 aromatic rings. The van der Waals surface area contributed by atoms with E-state index in [9.17, 15) is 4.79 Å². The molecule has 3 heterocycles. The van der Waals surface area contributed by atoms with Gasteiger partial charge in [0.25, 0.3) is 0 Å². The number of likely N-dealkylation sites (tertiary alicyclic amines) is 1. The summed E-state index contributed by atoms with van der Waals surface area (Å²) in [5.74, 6) is 0.609. The van der Waals surface area contributed by atoms with E-state index in [0.717, 1.165) is 25.3 Å². The van der Waals surface area contributed by atoms with Crippen LogP contribution in [0.2, 0.25) is 0 Å². The number of piperidine rings is 1. The average molecular weight is 288 g/mol. The number of methoxy groups -OCH3 is 1. The zero-order chi connectivity index (χ0) is 14.8. The predicted molar refractivity (Wildman–Crippen MR) is 78.2 cm³/mol. The fourth-order valence-corrected chi connectivity index (χ4v) is 3.04. The molecule has 0 aromatic carbocycles. The molecule has 0 spiro atoms. The molecule has 0 bridgehead atoms. The molecule has 21 heavy (non-hydrogen) atoms. The third kappa shape index (κ3) is 2.51. The van der Waals surface area contributed by atoms with Gasteiger partial charge in [0.15, 0.2) is 11.5 Å². The summed E-state index contributed by atoms with van der Waals surface area (Å²) < 4.78 is 6.72. The Morgan fingerprint density at radius 1 is 1.43 bits per heavy atom. The van der Waals surface area contributed by atoms with Crippen molar-refractivity contribution in [2.45, 2.75) is 32.2 Å². The van der Waals surface area contributed by atoms with Crippen LogP contribution in [0.25, 0.3) is 5.65 Å². The van der Waals surface area contributed by atoms with Gasteiger partial charge in [0.05, 0.1) is 18.7 Å². The van der Waals surface area contributed by atoms with Crippen LogP contribution >= 0.6 is 0 Å². The van der Waals surface area contributed by atoms with E-state index in [1.165, 1.54) is 20.0 Å². The molecule has 0 aliphatic carbocycles. The van der Waals surface area contributed by atoms with Crippen molar-refractivity contribution in [3.05, 3.63) is 29.7 Å². The summed E-state index contributed by atoms with van der Waals surface area (Å²) >= 11 is 0. The van der Waals surface area contributed by atoms with Crippen molar-refractivity contribution in [1.82, 2.24) is 19.5 Å². The summed E-state index contributed by atoms with van der Waals surface area (Å²) in [6, 6.07) is 3.79. The second kappa shape index (κ2) is 5.81. The number of carbonyl (C=O) groups excluding carboxylic acids is 1. The highest BCUT2D eigenvalue weighted by molar-refractivity contribution is 5.90. The summed E-state index contributed by atoms with van der Waals surface area (Å²) in [5, 5.41) is 8.58. The van der Waals surface area contributed by atoms with E-state index in [1.54, 1.807) is 12.1 Å². The minimum atomic E-state index is -0.352. The molecule has 0 saturated carbocycles. The first-order chi connectivity index (χ1) is 10.2. The van der Waals surface area contributed by atoms with Crippen LogP contribution in [0.1, 0.15) is 48.4 Å². The normalized spacial score (nSPS) is 19.8. The summed E-state index contributed by atoms with van der Waals surface area (Å²) in [6.45, 7) is 4.30. The number of rotatable bonds is 3. The molecule has 0 N–H and O–H groups in total. The number of hydrogen-bond acceptors (Lipinski definition) is 5. The van der Waals surface area contributed by atoms with E-state index in [1.807, 2.05) is 10.6 Å². The second-order valence-corrected chi connectivity index (χ2v) is 5.33. The van der Waals surface area contributed by atoms with Gasteiger partial charge in [-0.25, -0.2) is 4.79 Å². The first-order valence-corrected chi connectivity index (χ1v) is 7.41. The number of hydrogen-bond donors (Lipinski definition) is 0. The van der Waals surface area contributed by atoms with Gasteiger partial charge in [0, 0.05) is 6.20 Å². The van der Waals surface area contributed by atoms with Gasteiger partial charge in [-0.1, -0.05) is 13.3 Å². The molecule has 1 aliphatic heterocycles. The number of aromatic nitrogens is 3. The number of nitrogens with zero attached hydrogens (tertiary/aromatic N) is 4. The van der Waals surface area contributed by atoms with Crippen LogP contribution in [0.15, 0.2) is 18.3 Å². The zero-order valence-corrected chi connectivity index (χ0v) is 12.5. The van der Waals surface area contributed by atoms with E-state index >= 15 is 0 Å². The molecule has 6 nitrogen and oxygen atoms in total. The Kier molecular flexibility index (Phi) is 3.88. The largest absolute Gasteiger partial charge is 0.465 e. The minimum absolute atomic E-state index is 0.308. The molecule has 0 radical (unpaired) electrons. The van der Waals surface area contributed by atoms with E-state index in [4.69, 9.17) is 4.74 Å². The van der Waals surface area contributed by atoms with Crippen molar-refractivity contribution < 1.29 is 9.53 Å². The average Bonchev–Trinajstić information content (AvgIpc) is 2.96. The van der Waals surface area contributed by atoms with Crippen LogP contribution < -0.4 is 0 Å². The van der Waals surface area contributed by atoms with Crippen molar-refractivity contribution in [2.75, 3.05) is 20.2 Å². The number of fused-ring (bicyclic) bond motifs is 1. The quantitative estimate of drug-likeness (QED) is 0.809. The summed E-state index contributed by atoms with van der Waals surface area (Å²) in [7, 11) is 1.38. The molecule has 3 rings (SSSR count). The molecule has 1 unspecified atom stereocenters. The van der Waals surface area contributed by atoms with Crippen LogP contribution in [0.4, 0.5) is 0 Å². The first kappa shape index (κ1) is 14.0. The number of pyridine rings is 1. The van der Waals surface area contributed by atoms with E-state index in [-0.39, 0.29) is 5.97 Å². The summed E-state index contributed by atoms with van der Waals surface area (Å²) in [4.78, 5) is 14.0. The molecule has 1 aliphatic rings. The molecule has 0 amide bonds. The Morgan fingerprint density at radius 2 is 2.29 bits per heavy atom. The standard InChI is InChI=1S/C15H20N4O2/c1-3-18-8-5-4-6-12(18)14-17-16-13-10-11(15(20)21-2)7-9-19(13)14/h7,9-10,12H,3-6,8H2,1-2H3. The topological polar surface area (TPSA) is 59.7 Å². The lowest BCUT2D eigenvalue weighted by Crippen LogP contribution is -2.34. The van der Waals surface area contributed by atoms with Crippen LogP contribution in [-0.4, -0.2) is 45.7 Å². The third-order valence-electron chi connectivity index (χ3n) is 4.18. The monoisotopic (exact) mass is 288 g/mol. The summed E-state index contributed by atoms with van der Waals surface area (Å²) in [6.07, 6.45) is 5.43. The molecule has 112 valence electrons. The molecular formula is C15H20N4O2. The van der Waals surface area contributed by atoms with Crippen molar-refractivity contribution >= 4 is 11.6 Å². The molecule has 1 atom stereocenters. The van der Waals surface area contributed by atoms with Crippen molar-refractivity contribution in [2.24, 2.45) is 0 Å². The Balaban J connectivity index is 1.98. The fourth-order valence-electron chi connectivity index (χ4n) is 3.04. The minimum Gasteiger partial charge on any atom is -0.465 e. The Hall–Kier alpha value is -1.95. The fraction of sp³-hybridized carbons (Fsp3) is 0.533. The highest BCUT2D eigenvalue weighted by Gasteiger charge is 2.26. The molecule has 1 saturated heterocycles. The molecular weight excluding hydrogens is 268 g/mol. The maximum absolute atomic E-state index is 11.6. The van der Waals surface area contributed by atoms with Gasteiger partial charge in [0.2, 0.25) is 0 Å². The SMILES string of the molecule is CCN1CCCCC1c1nnc2cc(C(=O)OC)ccn12. The predicted octanol–water partition coefficient (Wildman–Crippen LogP) is 2.06. The maximum Gasteiger partial charge on any atom is 0.338 e. The van der Waals surface area contributed by atoms with E-state index in [2.05, 4.69) is 22.0 Å². The van der Waals surface area contributed by atoms with Crippen LogP contribution in [-0.2, 0) is 4.74 Å². The van der Waals surface area contributed by atoms with Gasteiger partial charge >= 0.3 is 5.97 Å². The van der Waals surface area contributed by atoms with Crippen molar-refractivity contribution in [1.29, 1.82) is 0 Å². The number of ether oxygens (including phenoxy) is 1. The molecule has 1 fully saturated rings. The lowest BCUT2D eigenvalue weighted by Gasteiger charge is -2.33. The van der Waals surface area contributed by atoms with Gasteiger partial charge in [-0.2, -0.15) is 0 Å². The van der Waals surface area contributed by atoms with Gasteiger partial charge in [-0.15, -0.1) is 10.2 Å². The van der Waals surface area contributed by atoms with Gasteiger partial charge in [0.1, 0.15) is 0 Å². The highest BCUT2D eigenvalue weighted by Crippen LogP contribution is 2.29. The second-order valence-electron chi connectivity index (χ2n) is 5.33. The third-order valence-corrected chi connectivity index (χ3v) is 4.18.